The topological polar surface area (TPSA) is 15.3 Å². The maximum Gasteiger partial charge on any atom is 0.0233 e. The van der Waals surface area contributed by atoms with Crippen LogP contribution in [0.5, 0.6) is 0 Å². The molecule has 3 rings (SSSR count). The van der Waals surface area contributed by atoms with Gasteiger partial charge in [-0.3, -0.25) is 4.90 Å². The van der Waals surface area contributed by atoms with Crippen LogP contribution in [0.15, 0.2) is 30.3 Å². The highest BCUT2D eigenvalue weighted by Gasteiger charge is 2.32. The third-order valence-electron chi connectivity index (χ3n) is 4.04. The lowest BCUT2D eigenvalue weighted by atomic mass is 9.87. The minimum atomic E-state index is 0.949. The zero-order valence-corrected chi connectivity index (χ0v) is 9.73. The van der Waals surface area contributed by atoms with Gasteiger partial charge in [0.05, 0.1) is 0 Å². The third kappa shape index (κ3) is 2.13. The molecule has 2 fully saturated rings. The molecule has 0 unspecified atom stereocenters. The van der Waals surface area contributed by atoms with Gasteiger partial charge >= 0.3 is 0 Å². The van der Waals surface area contributed by atoms with Crippen LogP contribution in [0.4, 0.5) is 0 Å². The molecule has 0 aromatic heterocycles. The number of benzene rings is 1. The van der Waals surface area contributed by atoms with E-state index in [4.69, 9.17) is 0 Å². The molecule has 2 heterocycles. The molecule has 2 aliphatic heterocycles. The zero-order chi connectivity index (χ0) is 10.8. The minimum Gasteiger partial charge on any atom is -0.316 e. The quantitative estimate of drug-likeness (QED) is 0.828. The number of hydrogen-bond acceptors (Lipinski definition) is 2. The Hall–Kier alpha value is -0.860. The van der Waals surface area contributed by atoms with Crippen molar-refractivity contribution in [2.45, 2.75) is 13.0 Å². The van der Waals surface area contributed by atoms with E-state index in [9.17, 15) is 0 Å². The molecule has 16 heavy (non-hydrogen) atoms. The van der Waals surface area contributed by atoms with E-state index in [0.717, 1.165) is 18.4 Å². The largest absolute Gasteiger partial charge is 0.316 e. The highest BCUT2D eigenvalue weighted by Crippen LogP contribution is 2.27. The fourth-order valence-electron chi connectivity index (χ4n) is 2.88. The Morgan fingerprint density at radius 2 is 1.94 bits per heavy atom. The van der Waals surface area contributed by atoms with Crippen molar-refractivity contribution in [3.63, 3.8) is 0 Å². The van der Waals surface area contributed by atoms with E-state index in [0.29, 0.717) is 0 Å². The Labute approximate surface area is 97.6 Å². The second kappa shape index (κ2) is 4.56. The predicted molar refractivity (Wildman–Crippen MR) is 66.2 cm³/mol. The molecule has 1 N–H and O–H groups in total. The second-order valence-electron chi connectivity index (χ2n) is 5.19. The first-order chi connectivity index (χ1) is 7.92. The summed E-state index contributed by atoms with van der Waals surface area (Å²) in [5.74, 6) is 1.91. The molecule has 2 saturated heterocycles. The van der Waals surface area contributed by atoms with E-state index < -0.39 is 0 Å². The van der Waals surface area contributed by atoms with Crippen molar-refractivity contribution in [1.29, 1.82) is 0 Å². The van der Waals surface area contributed by atoms with Crippen LogP contribution in [0, 0.1) is 11.8 Å². The van der Waals surface area contributed by atoms with E-state index in [2.05, 4.69) is 40.5 Å². The van der Waals surface area contributed by atoms with Crippen molar-refractivity contribution in [2.75, 3.05) is 26.2 Å². The second-order valence-corrected chi connectivity index (χ2v) is 5.19. The van der Waals surface area contributed by atoms with Crippen molar-refractivity contribution in [3.05, 3.63) is 35.9 Å². The van der Waals surface area contributed by atoms with Gasteiger partial charge in [0.1, 0.15) is 0 Å². The molecule has 2 aliphatic rings. The van der Waals surface area contributed by atoms with Gasteiger partial charge in [-0.1, -0.05) is 30.3 Å². The van der Waals surface area contributed by atoms with Crippen LogP contribution in [0.2, 0.25) is 0 Å². The van der Waals surface area contributed by atoms with Crippen molar-refractivity contribution in [1.82, 2.24) is 10.2 Å². The summed E-state index contributed by atoms with van der Waals surface area (Å²) in [6.45, 7) is 6.24. The number of rotatable bonds is 3. The van der Waals surface area contributed by atoms with Crippen molar-refractivity contribution < 1.29 is 0 Å². The average molecular weight is 216 g/mol. The standard InChI is InChI=1S/C14H20N2/c1-2-4-12(5-3-1)10-16-7-6-13(11-16)14-8-15-9-14/h1-5,13-15H,6-11H2/t13-/m0/s1. The molecular formula is C14H20N2. The molecule has 0 spiro atoms. The summed E-state index contributed by atoms with van der Waals surface area (Å²) in [7, 11) is 0. The first-order valence-corrected chi connectivity index (χ1v) is 6.39. The van der Waals surface area contributed by atoms with Crippen molar-refractivity contribution >= 4 is 0 Å². The van der Waals surface area contributed by atoms with E-state index in [1.807, 2.05) is 0 Å². The summed E-state index contributed by atoms with van der Waals surface area (Å²) in [4.78, 5) is 2.61. The lowest BCUT2D eigenvalue weighted by Crippen LogP contribution is -2.46. The lowest BCUT2D eigenvalue weighted by molar-refractivity contribution is 0.223. The summed E-state index contributed by atoms with van der Waals surface area (Å²) in [5.41, 5.74) is 1.45. The maximum absolute atomic E-state index is 3.38. The number of nitrogens with one attached hydrogen (secondary N) is 1. The molecule has 0 aliphatic carbocycles. The van der Waals surface area contributed by atoms with Gasteiger partial charge in [0.2, 0.25) is 0 Å². The zero-order valence-electron chi connectivity index (χ0n) is 9.73. The molecule has 86 valence electrons. The normalized spacial score (nSPS) is 26.9. The van der Waals surface area contributed by atoms with Crippen molar-refractivity contribution in [3.8, 4) is 0 Å². The van der Waals surface area contributed by atoms with Gasteiger partial charge in [-0.15, -0.1) is 0 Å². The van der Waals surface area contributed by atoms with E-state index in [1.165, 1.54) is 38.2 Å². The molecule has 1 atom stereocenters. The Bertz CT molecular complexity index is 332. The summed E-state index contributed by atoms with van der Waals surface area (Å²) in [6.07, 6.45) is 1.40. The van der Waals surface area contributed by atoms with Crippen LogP contribution in [0.1, 0.15) is 12.0 Å². The number of hydrogen-bond donors (Lipinski definition) is 1. The molecule has 0 radical (unpaired) electrons. The lowest BCUT2D eigenvalue weighted by Gasteiger charge is -2.32. The highest BCUT2D eigenvalue weighted by atomic mass is 15.1. The fourth-order valence-corrected chi connectivity index (χ4v) is 2.88. The van der Waals surface area contributed by atoms with Crippen LogP contribution < -0.4 is 5.32 Å². The van der Waals surface area contributed by atoms with Crippen LogP contribution in [-0.2, 0) is 6.54 Å². The predicted octanol–water partition coefficient (Wildman–Crippen LogP) is 1.73. The molecule has 0 bridgehead atoms. The monoisotopic (exact) mass is 216 g/mol. The number of likely N-dealkylation sites (tertiary alicyclic amines) is 1. The summed E-state index contributed by atoms with van der Waals surface area (Å²) < 4.78 is 0. The SMILES string of the molecule is c1ccc(CN2CC[C@H](C3CNC3)C2)cc1. The molecule has 2 heteroatoms. The van der Waals surface area contributed by atoms with Crippen LogP contribution in [-0.4, -0.2) is 31.1 Å². The summed E-state index contributed by atoms with van der Waals surface area (Å²) in [5, 5.41) is 3.38. The van der Waals surface area contributed by atoms with Crippen LogP contribution in [0.25, 0.3) is 0 Å². The summed E-state index contributed by atoms with van der Waals surface area (Å²) >= 11 is 0. The number of nitrogens with zero attached hydrogens (tertiary/aromatic N) is 1. The van der Waals surface area contributed by atoms with Crippen molar-refractivity contribution in [2.24, 2.45) is 11.8 Å². The Morgan fingerprint density at radius 1 is 1.12 bits per heavy atom. The van der Waals surface area contributed by atoms with Gasteiger partial charge in [-0.05, 0) is 43.5 Å². The fraction of sp³-hybridized carbons (Fsp3) is 0.571. The van der Waals surface area contributed by atoms with E-state index in [-0.39, 0.29) is 0 Å². The van der Waals surface area contributed by atoms with Crippen LogP contribution in [0.3, 0.4) is 0 Å². The van der Waals surface area contributed by atoms with Gasteiger partial charge in [0.15, 0.2) is 0 Å². The highest BCUT2D eigenvalue weighted by molar-refractivity contribution is 5.14. The molecule has 0 amide bonds. The maximum atomic E-state index is 3.38. The van der Waals surface area contributed by atoms with Gasteiger partial charge in [0.25, 0.3) is 0 Å². The minimum absolute atomic E-state index is 0.949. The average Bonchev–Trinajstić information content (AvgIpc) is 2.65. The Morgan fingerprint density at radius 3 is 2.62 bits per heavy atom. The van der Waals surface area contributed by atoms with Gasteiger partial charge in [0, 0.05) is 13.1 Å². The first-order valence-electron chi connectivity index (χ1n) is 6.39. The molecule has 1 aromatic carbocycles. The van der Waals surface area contributed by atoms with Gasteiger partial charge in [-0.25, -0.2) is 0 Å². The van der Waals surface area contributed by atoms with E-state index in [1.54, 1.807) is 0 Å². The van der Waals surface area contributed by atoms with Gasteiger partial charge < -0.3 is 5.32 Å². The third-order valence-corrected chi connectivity index (χ3v) is 4.04. The Kier molecular flexibility index (Phi) is 2.94. The molecular weight excluding hydrogens is 196 g/mol. The smallest absolute Gasteiger partial charge is 0.0233 e. The van der Waals surface area contributed by atoms with Crippen LogP contribution >= 0.6 is 0 Å². The molecule has 2 nitrogen and oxygen atoms in total. The first kappa shape index (κ1) is 10.3. The molecule has 0 saturated carbocycles. The summed E-state index contributed by atoms with van der Waals surface area (Å²) in [6, 6.07) is 10.8. The molecule has 1 aromatic rings. The van der Waals surface area contributed by atoms with Gasteiger partial charge in [-0.2, -0.15) is 0 Å². The van der Waals surface area contributed by atoms with E-state index >= 15 is 0 Å². The Balaban J connectivity index is 1.54.